The van der Waals surface area contributed by atoms with Gasteiger partial charge in [-0.2, -0.15) is 0 Å². The summed E-state index contributed by atoms with van der Waals surface area (Å²) < 4.78 is 19.5. The van der Waals surface area contributed by atoms with Gasteiger partial charge in [-0.25, -0.2) is 0 Å². The van der Waals surface area contributed by atoms with Crippen molar-refractivity contribution in [3.05, 3.63) is 158 Å². The zero-order chi connectivity index (χ0) is 34.4. The Morgan fingerprint density at radius 3 is 1.70 bits per heavy atom. The summed E-state index contributed by atoms with van der Waals surface area (Å²) in [6.45, 7) is 0.0559. The minimum atomic E-state index is 0.0559. The van der Waals surface area contributed by atoms with Crippen LogP contribution in [0.1, 0.15) is 0 Å². The minimum Gasteiger partial charge on any atom is -0.456 e. The van der Waals surface area contributed by atoms with Crippen LogP contribution in [0.5, 0.6) is 0 Å². The predicted molar refractivity (Wildman–Crippen MR) is 218 cm³/mol. The van der Waals surface area contributed by atoms with Crippen molar-refractivity contribution in [2.45, 2.75) is 0 Å². The highest BCUT2D eigenvalue weighted by Gasteiger charge is 2.44. The molecular weight excluding hydrogens is 649 g/mol. The van der Waals surface area contributed by atoms with Crippen molar-refractivity contribution in [2.75, 3.05) is 4.90 Å². The van der Waals surface area contributed by atoms with Crippen LogP contribution in [0.25, 0.3) is 88.1 Å². The molecule has 0 fully saturated rings. The molecule has 0 N–H and O–H groups in total. The summed E-state index contributed by atoms with van der Waals surface area (Å²) in [6, 6.07) is 56.3. The second kappa shape index (κ2) is 9.87. The molecule has 5 heterocycles. The molecule has 0 unspecified atom stereocenters. The monoisotopic (exact) mass is 675 g/mol. The summed E-state index contributed by atoms with van der Waals surface area (Å²) in [5.74, 6) is 0. The second-order valence-corrected chi connectivity index (χ2v) is 14.3. The highest BCUT2D eigenvalue weighted by Crippen LogP contribution is 2.50. The lowest BCUT2D eigenvalue weighted by atomic mass is 9.37. The van der Waals surface area contributed by atoms with Gasteiger partial charge in [-0.15, -0.1) is 0 Å². The van der Waals surface area contributed by atoms with E-state index in [9.17, 15) is 0 Å². The quantitative estimate of drug-likeness (QED) is 0.171. The maximum absolute atomic E-state index is 6.60. The van der Waals surface area contributed by atoms with Crippen molar-refractivity contribution < 1.29 is 13.3 Å². The van der Waals surface area contributed by atoms with Gasteiger partial charge < -0.3 is 18.2 Å². The van der Waals surface area contributed by atoms with Gasteiger partial charge in [0.15, 0.2) is 0 Å². The largest absolute Gasteiger partial charge is 0.456 e. The van der Waals surface area contributed by atoms with Crippen molar-refractivity contribution in [1.82, 2.24) is 0 Å². The van der Waals surface area contributed by atoms with Crippen LogP contribution in [0, 0.1) is 0 Å². The maximum Gasteiger partial charge on any atom is 0.248 e. The third-order valence-electron chi connectivity index (χ3n) is 11.7. The lowest BCUT2D eigenvalue weighted by Gasteiger charge is -2.37. The summed E-state index contributed by atoms with van der Waals surface area (Å²) in [4.78, 5) is 2.52. The van der Waals surface area contributed by atoms with Crippen LogP contribution in [0.15, 0.2) is 171 Å². The smallest absolute Gasteiger partial charge is 0.248 e. The summed E-state index contributed by atoms with van der Waals surface area (Å²) in [5, 5.41) is 6.66. The van der Waals surface area contributed by atoms with Crippen molar-refractivity contribution in [3.8, 4) is 22.3 Å². The van der Waals surface area contributed by atoms with Gasteiger partial charge in [-0.1, -0.05) is 109 Å². The highest BCUT2D eigenvalue weighted by molar-refractivity contribution is 7.01. The molecule has 13 rings (SSSR count). The first-order valence-corrected chi connectivity index (χ1v) is 18.1. The number of hydrogen-bond acceptors (Lipinski definition) is 4. The Hall–Kier alpha value is -6.98. The summed E-state index contributed by atoms with van der Waals surface area (Å²) in [5.41, 5.74) is 17.4. The van der Waals surface area contributed by atoms with Crippen LogP contribution in [0.2, 0.25) is 0 Å². The fourth-order valence-corrected chi connectivity index (χ4v) is 9.59. The number of rotatable bonds is 2. The van der Waals surface area contributed by atoms with Gasteiger partial charge in [-0.3, -0.25) is 0 Å². The van der Waals surface area contributed by atoms with Gasteiger partial charge in [0.1, 0.15) is 33.5 Å². The normalized spacial score (nSPS) is 13.2. The van der Waals surface area contributed by atoms with E-state index >= 15 is 0 Å². The Morgan fingerprint density at radius 2 is 0.943 bits per heavy atom. The fraction of sp³-hybridized carbons (Fsp3) is 0. The zero-order valence-electron chi connectivity index (χ0n) is 28.3. The highest BCUT2D eigenvalue weighted by atomic mass is 16.3. The zero-order valence-corrected chi connectivity index (χ0v) is 28.3. The number of benzene rings is 8. The van der Waals surface area contributed by atoms with Crippen molar-refractivity contribution in [2.24, 2.45) is 0 Å². The molecular formula is C48H26BNO3. The van der Waals surface area contributed by atoms with E-state index in [1.54, 1.807) is 0 Å². The number of fused-ring (bicyclic) bond motifs is 15. The Morgan fingerprint density at radius 1 is 0.377 bits per heavy atom. The van der Waals surface area contributed by atoms with E-state index in [1.807, 2.05) is 12.1 Å². The molecule has 0 saturated carbocycles. The molecule has 53 heavy (non-hydrogen) atoms. The summed E-state index contributed by atoms with van der Waals surface area (Å²) in [7, 11) is 0. The molecule has 0 radical (unpaired) electrons. The van der Waals surface area contributed by atoms with Crippen LogP contribution in [0.4, 0.5) is 17.1 Å². The van der Waals surface area contributed by atoms with Gasteiger partial charge in [0.2, 0.25) is 6.71 Å². The van der Waals surface area contributed by atoms with Crippen LogP contribution < -0.4 is 21.3 Å². The molecule has 11 aromatic rings. The van der Waals surface area contributed by atoms with E-state index in [4.69, 9.17) is 13.3 Å². The summed E-state index contributed by atoms with van der Waals surface area (Å²) in [6.07, 6.45) is 0. The lowest BCUT2D eigenvalue weighted by molar-refractivity contribution is 0.668. The van der Waals surface area contributed by atoms with E-state index in [1.165, 1.54) is 27.5 Å². The van der Waals surface area contributed by atoms with Crippen LogP contribution >= 0.6 is 0 Å². The molecule has 5 heteroatoms. The molecule has 0 amide bonds. The Balaban J connectivity index is 1.22. The van der Waals surface area contributed by atoms with Gasteiger partial charge in [0, 0.05) is 27.2 Å². The lowest BCUT2D eigenvalue weighted by Crippen LogP contribution is -2.54. The average Bonchev–Trinajstić information content (AvgIpc) is 3.97. The average molecular weight is 676 g/mol. The molecule has 2 aliphatic rings. The first-order chi connectivity index (χ1) is 26.3. The molecule has 0 bridgehead atoms. The predicted octanol–water partition coefficient (Wildman–Crippen LogP) is 11.3. The maximum atomic E-state index is 6.60. The molecule has 4 nitrogen and oxygen atoms in total. The van der Waals surface area contributed by atoms with Crippen LogP contribution in [0.3, 0.4) is 0 Å². The van der Waals surface area contributed by atoms with E-state index in [0.29, 0.717) is 0 Å². The number of anilines is 3. The van der Waals surface area contributed by atoms with Crippen molar-refractivity contribution >= 4 is 106 Å². The molecule has 2 aliphatic heterocycles. The number of furan rings is 3. The Kier molecular flexibility index (Phi) is 5.16. The van der Waals surface area contributed by atoms with Crippen LogP contribution in [-0.2, 0) is 0 Å². The molecule has 3 aromatic heterocycles. The van der Waals surface area contributed by atoms with Gasteiger partial charge in [0.05, 0.1) is 22.1 Å². The third kappa shape index (κ3) is 3.51. The first-order valence-electron chi connectivity index (χ1n) is 18.1. The van der Waals surface area contributed by atoms with E-state index in [2.05, 4.69) is 150 Å². The van der Waals surface area contributed by atoms with Crippen molar-refractivity contribution in [3.63, 3.8) is 0 Å². The molecule has 0 atom stereocenters. The van der Waals surface area contributed by atoms with Crippen molar-refractivity contribution in [1.29, 1.82) is 0 Å². The van der Waals surface area contributed by atoms with Gasteiger partial charge in [0.25, 0.3) is 0 Å². The fourth-order valence-electron chi connectivity index (χ4n) is 9.59. The van der Waals surface area contributed by atoms with E-state index in [-0.39, 0.29) is 6.71 Å². The summed E-state index contributed by atoms with van der Waals surface area (Å²) >= 11 is 0. The molecule has 0 saturated heterocycles. The SMILES string of the molecule is c1ccc2c(c1)B1c3ccc4oc5ccccc5c4c3N(c3cccc4oc5ccccc5c34)c3cc(-c4cccc5oc6ccccc6c45)cc-2c31. The Bertz CT molecular complexity index is 3380. The van der Waals surface area contributed by atoms with Crippen LogP contribution in [-0.4, -0.2) is 6.71 Å². The molecule has 0 spiro atoms. The number of hydrogen-bond donors (Lipinski definition) is 0. The van der Waals surface area contributed by atoms with E-state index in [0.717, 1.165) is 94.0 Å². The number of nitrogens with zero attached hydrogens (tertiary/aromatic N) is 1. The molecule has 8 aromatic carbocycles. The minimum absolute atomic E-state index is 0.0559. The molecule has 0 aliphatic carbocycles. The van der Waals surface area contributed by atoms with Gasteiger partial charge >= 0.3 is 0 Å². The van der Waals surface area contributed by atoms with Gasteiger partial charge in [-0.05, 0) is 87.8 Å². The second-order valence-electron chi connectivity index (χ2n) is 14.3. The standard InChI is InChI=1S/C48H26BNO3/c1-5-16-34-29(11-1)33-25-27(28-15-9-21-41-44(28)30-12-2-6-18-38(30)51-41)26-37-47(33)49(34)35-23-24-43-46(32-14-4-8-20-40(32)53-43)48(35)50(37)36-17-10-22-42-45(36)31-13-3-7-19-39(31)52-42/h1-26H. The Labute approximate surface area is 303 Å². The molecule has 244 valence electrons. The topological polar surface area (TPSA) is 42.7 Å². The van der Waals surface area contributed by atoms with E-state index < -0.39 is 0 Å². The third-order valence-corrected chi connectivity index (χ3v) is 11.7. The first kappa shape index (κ1) is 27.7. The number of para-hydroxylation sites is 3.